The van der Waals surface area contributed by atoms with E-state index in [4.69, 9.17) is 9.15 Å². The topological polar surface area (TPSA) is 69.2 Å². The number of aromatic nitrogens is 4. The molecule has 1 atom stereocenters. The Morgan fingerprint density at radius 2 is 2.25 bits per heavy atom. The monoisotopic (exact) mass is 325 g/mol. The van der Waals surface area contributed by atoms with E-state index in [0.717, 1.165) is 25.3 Å². The molecule has 0 bridgehead atoms. The Morgan fingerprint density at radius 1 is 1.29 bits per heavy atom. The molecule has 0 radical (unpaired) electrons. The summed E-state index contributed by atoms with van der Waals surface area (Å²) >= 11 is 0. The molecule has 3 aromatic heterocycles. The standard InChI is InChI=1S/C17H19N5O2/c1-13-2-5-18-17(20-13)24-12-16-10-21(8-14-4-7-23-11-14)9-15-3-6-19-22(15)16/h2-7,11,16H,8-10,12H2,1H3. The van der Waals surface area contributed by atoms with E-state index >= 15 is 0 Å². The molecule has 0 saturated heterocycles. The van der Waals surface area contributed by atoms with Crippen molar-refractivity contribution in [3.63, 3.8) is 0 Å². The maximum Gasteiger partial charge on any atom is 0.316 e. The van der Waals surface area contributed by atoms with Gasteiger partial charge in [-0.3, -0.25) is 9.58 Å². The summed E-state index contributed by atoms with van der Waals surface area (Å²) in [4.78, 5) is 10.8. The van der Waals surface area contributed by atoms with Crippen LogP contribution in [0, 0.1) is 6.92 Å². The van der Waals surface area contributed by atoms with Crippen LogP contribution in [0.25, 0.3) is 0 Å². The number of hydrogen-bond donors (Lipinski definition) is 0. The van der Waals surface area contributed by atoms with Crippen molar-refractivity contribution >= 4 is 0 Å². The predicted molar refractivity (Wildman–Crippen MR) is 86.4 cm³/mol. The van der Waals surface area contributed by atoms with E-state index in [1.807, 2.05) is 29.9 Å². The van der Waals surface area contributed by atoms with Crippen LogP contribution >= 0.6 is 0 Å². The average molecular weight is 325 g/mol. The predicted octanol–water partition coefficient (Wildman–Crippen LogP) is 2.21. The van der Waals surface area contributed by atoms with Gasteiger partial charge in [0.2, 0.25) is 0 Å². The van der Waals surface area contributed by atoms with E-state index in [9.17, 15) is 0 Å². The van der Waals surface area contributed by atoms with Gasteiger partial charge in [0.05, 0.1) is 24.3 Å². The summed E-state index contributed by atoms with van der Waals surface area (Å²) in [5.74, 6) is 0. The summed E-state index contributed by atoms with van der Waals surface area (Å²) in [6, 6.07) is 6.44. The van der Waals surface area contributed by atoms with Gasteiger partial charge in [0.15, 0.2) is 0 Å². The SMILES string of the molecule is Cc1ccnc(OCC2CN(Cc3ccoc3)Cc3ccnn32)n1. The smallest absolute Gasteiger partial charge is 0.316 e. The molecule has 124 valence electrons. The Hall–Kier alpha value is -2.67. The van der Waals surface area contributed by atoms with Crippen molar-refractivity contribution < 1.29 is 9.15 Å². The molecule has 1 aliphatic heterocycles. The lowest BCUT2D eigenvalue weighted by molar-refractivity contribution is 0.122. The first-order valence-corrected chi connectivity index (χ1v) is 7.96. The second-order valence-corrected chi connectivity index (χ2v) is 6.01. The fraction of sp³-hybridized carbons (Fsp3) is 0.353. The van der Waals surface area contributed by atoms with E-state index in [1.54, 1.807) is 18.7 Å². The van der Waals surface area contributed by atoms with Crippen LogP contribution in [-0.2, 0) is 13.1 Å². The molecule has 0 spiro atoms. The minimum Gasteiger partial charge on any atom is -0.472 e. The summed E-state index contributed by atoms with van der Waals surface area (Å²) in [5.41, 5.74) is 3.25. The molecule has 0 amide bonds. The molecule has 3 aromatic rings. The van der Waals surface area contributed by atoms with E-state index < -0.39 is 0 Å². The molecule has 7 nitrogen and oxygen atoms in total. The fourth-order valence-electron chi connectivity index (χ4n) is 3.02. The quantitative estimate of drug-likeness (QED) is 0.716. The van der Waals surface area contributed by atoms with Crippen LogP contribution in [0.1, 0.15) is 23.0 Å². The van der Waals surface area contributed by atoms with Crippen molar-refractivity contribution in [2.45, 2.75) is 26.1 Å². The fourth-order valence-corrected chi connectivity index (χ4v) is 3.02. The van der Waals surface area contributed by atoms with Gasteiger partial charge >= 0.3 is 6.01 Å². The molecule has 0 saturated carbocycles. The lowest BCUT2D eigenvalue weighted by Gasteiger charge is -2.33. The van der Waals surface area contributed by atoms with Gasteiger partial charge in [-0.2, -0.15) is 5.10 Å². The molecule has 0 aliphatic carbocycles. The van der Waals surface area contributed by atoms with Crippen molar-refractivity contribution in [1.82, 2.24) is 24.6 Å². The summed E-state index contributed by atoms with van der Waals surface area (Å²) in [6.45, 7) is 4.97. The van der Waals surface area contributed by atoms with Gasteiger partial charge in [-0.25, -0.2) is 9.97 Å². The first-order chi connectivity index (χ1) is 11.8. The highest BCUT2D eigenvalue weighted by molar-refractivity contribution is 5.10. The van der Waals surface area contributed by atoms with Gasteiger partial charge in [0.25, 0.3) is 0 Å². The van der Waals surface area contributed by atoms with Crippen molar-refractivity contribution in [3.05, 3.63) is 60.1 Å². The molecule has 4 heterocycles. The van der Waals surface area contributed by atoms with Crippen molar-refractivity contribution in [2.75, 3.05) is 13.2 Å². The van der Waals surface area contributed by atoms with E-state index in [2.05, 4.69) is 26.0 Å². The number of ether oxygens (including phenoxy) is 1. The third-order valence-corrected chi connectivity index (χ3v) is 4.12. The normalized spacial score (nSPS) is 17.6. The number of rotatable bonds is 5. The number of nitrogens with zero attached hydrogens (tertiary/aromatic N) is 5. The number of aryl methyl sites for hydroxylation is 1. The van der Waals surface area contributed by atoms with Gasteiger partial charge in [0, 0.05) is 43.3 Å². The molecule has 0 N–H and O–H groups in total. The summed E-state index contributed by atoms with van der Waals surface area (Å²) < 4.78 is 13.0. The molecule has 0 fully saturated rings. The van der Waals surface area contributed by atoms with Gasteiger partial charge in [-0.1, -0.05) is 0 Å². The maximum absolute atomic E-state index is 5.81. The van der Waals surface area contributed by atoms with Crippen LogP contribution in [0.3, 0.4) is 0 Å². The zero-order valence-corrected chi connectivity index (χ0v) is 13.5. The Balaban J connectivity index is 1.47. The van der Waals surface area contributed by atoms with E-state index in [1.165, 1.54) is 11.3 Å². The second-order valence-electron chi connectivity index (χ2n) is 6.01. The Kier molecular flexibility index (Phi) is 4.00. The van der Waals surface area contributed by atoms with Crippen molar-refractivity contribution in [2.24, 2.45) is 0 Å². The summed E-state index contributed by atoms with van der Waals surface area (Å²) in [6.07, 6.45) is 7.05. The third kappa shape index (κ3) is 3.16. The highest BCUT2D eigenvalue weighted by Gasteiger charge is 2.26. The van der Waals surface area contributed by atoms with Crippen LogP contribution in [0.4, 0.5) is 0 Å². The highest BCUT2D eigenvalue weighted by atomic mass is 16.5. The summed E-state index contributed by atoms with van der Waals surface area (Å²) in [7, 11) is 0. The van der Waals surface area contributed by atoms with Crippen LogP contribution in [-0.4, -0.2) is 37.8 Å². The Labute approximate surface area is 139 Å². The lowest BCUT2D eigenvalue weighted by Crippen LogP contribution is -2.39. The van der Waals surface area contributed by atoms with Gasteiger partial charge in [-0.05, 0) is 25.1 Å². The van der Waals surface area contributed by atoms with Crippen molar-refractivity contribution in [1.29, 1.82) is 0 Å². The third-order valence-electron chi connectivity index (χ3n) is 4.12. The van der Waals surface area contributed by atoms with E-state index in [-0.39, 0.29) is 6.04 Å². The van der Waals surface area contributed by atoms with E-state index in [0.29, 0.717) is 12.6 Å². The zero-order chi connectivity index (χ0) is 16.4. The largest absolute Gasteiger partial charge is 0.472 e. The van der Waals surface area contributed by atoms with Crippen LogP contribution in [0.5, 0.6) is 6.01 Å². The number of hydrogen-bond acceptors (Lipinski definition) is 6. The highest BCUT2D eigenvalue weighted by Crippen LogP contribution is 2.22. The number of furan rings is 1. The Morgan fingerprint density at radius 3 is 3.08 bits per heavy atom. The van der Waals surface area contributed by atoms with Gasteiger partial charge < -0.3 is 9.15 Å². The summed E-state index contributed by atoms with van der Waals surface area (Å²) in [5, 5.41) is 4.45. The molecule has 1 unspecified atom stereocenters. The van der Waals surface area contributed by atoms with Crippen molar-refractivity contribution in [3.8, 4) is 6.01 Å². The molecular weight excluding hydrogens is 306 g/mol. The molecule has 0 aromatic carbocycles. The molecule has 7 heteroatoms. The zero-order valence-electron chi connectivity index (χ0n) is 13.5. The Bertz CT molecular complexity index is 799. The molecule has 1 aliphatic rings. The number of fused-ring (bicyclic) bond motifs is 1. The minimum absolute atomic E-state index is 0.125. The van der Waals surface area contributed by atoms with Gasteiger partial charge in [-0.15, -0.1) is 0 Å². The first kappa shape index (κ1) is 14.9. The maximum atomic E-state index is 5.81. The van der Waals surface area contributed by atoms with Crippen LogP contribution < -0.4 is 4.74 Å². The first-order valence-electron chi connectivity index (χ1n) is 7.96. The average Bonchev–Trinajstić information content (AvgIpc) is 3.24. The van der Waals surface area contributed by atoms with Crippen LogP contribution in [0.2, 0.25) is 0 Å². The van der Waals surface area contributed by atoms with Gasteiger partial charge in [0.1, 0.15) is 6.61 Å². The minimum atomic E-state index is 0.125. The molecule has 24 heavy (non-hydrogen) atoms. The molecular formula is C17H19N5O2. The van der Waals surface area contributed by atoms with Crippen LogP contribution in [0.15, 0.2) is 47.5 Å². The second kappa shape index (κ2) is 6.45. The lowest BCUT2D eigenvalue weighted by atomic mass is 10.2. The molecule has 4 rings (SSSR count).